The smallest absolute Gasteiger partial charge is 0.417 e. The van der Waals surface area contributed by atoms with Gasteiger partial charge < -0.3 is 4.74 Å². The quantitative estimate of drug-likeness (QED) is 0.611. The summed E-state index contributed by atoms with van der Waals surface area (Å²) in [5, 5.41) is 0. The van der Waals surface area contributed by atoms with Crippen LogP contribution in [0.2, 0.25) is 0 Å². The van der Waals surface area contributed by atoms with Crippen LogP contribution in [0.25, 0.3) is 0 Å². The summed E-state index contributed by atoms with van der Waals surface area (Å²) < 4.78 is 45.4. The van der Waals surface area contributed by atoms with Crippen molar-refractivity contribution < 1.29 is 22.7 Å². The molecular formula is C19H19F3O2S. The van der Waals surface area contributed by atoms with Crippen LogP contribution in [0.5, 0.6) is 0 Å². The monoisotopic (exact) mass is 368 g/mol. The largest absolute Gasteiger partial charge is 0.456 e. The van der Waals surface area contributed by atoms with Crippen LogP contribution in [0.4, 0.5) is 13.2 Å². The molecule has 2 aromatic rings. The Morgan fingerprint density at radius 2 is 1.68 bits per heavy atom. The predicted octanol–water partition coefficient (Wildman–Crippen LogP) is 6.12. The van der Waals surface area contributed by atoms with Gasteiger partial charge in [-0.1, -0.05) is 35.5 Å². The highest BCUT2D eigenvalue weighted by Gasteiger charge is 2.38. The zero-order valence-electron chi connectivity index (χ0n) is 14.4. The highest BCUT2D eigenvalue weighted by atomic mass is 32.2. The van der Waals surface area contributed by atoms with Crippen molar-refractivity contribution in [3.63, 3.8) is 0 Å². The Hall–Kier alpha value is -1.95. The average molecular weight is 368 g/mol. The Kier molecular flexibility index (Phi) is 5.52. The van der Waals surface area contributed by atoms with Crippen LogP contribution >= 0.6 is 11.8 Å². The van der Waals surface area contributed by atoms with Gasteiger partial charge in [-0.15, -0.1) is 0 Å². The van der Waals surface area contributed by atoms with Gasteiger partial charge in [-0.05, 0) is 52.0 Å². The number of esters is 1. The van der Waals surface area contributed by atoms with Crippen LogP contribution in [0.1, 0.15) is 42.3 Å². The fourth-order valence-electron chi connectivity index (χ4n) is 2.20. The summed E-state index contributed by atoms with van der Waals surface area (Å²) >= 11 is 1.11. The second-order valence-corrected chi connectivity index (χ2v) is 7.71. The fraction of sp³-hybridized carbons (Fsp3) is 0.316. The third-order valence-electron chi connectivity index (χ3n) is 3.15. The number of carbonyl (C=O) groups is 1. The highest BCUT2D eigenvalue weighted by molar-refractivity contribution is 7.99. The zero-order valence-corrected chi connectivity index (χ0v) is 15.2. The maximum atomic E-state index is 13.4. The number of alkyl halides is 3. The number of aryl methyl sites for hydroxylation is 1. The van der Waals surface area contributed by atoms with E-state index < -0.39 is 28.9 Å². The normalized spacial score (nSPS) is 12.1. The molecule has 0 heterocycles. The van der Waals surface area contributed by atoms with Gasteiger partial charge in [-0.3, -0.25) is 0 Å². The van der Waals surface area contributed by atoms with E-state index in [1.165, 1.54) is 12.1 Å². The standard InChI is InChI=1S/C19H19F3O2S/c1-12-7-5-8-13(11-12)25-15-10-6-9-14(19(20,21)22)16(15)17(23)24-18(2,3)4/h5-11H,1-4H3. The summed E-state index contributed by atoms with van der Waals surface area (Å²) in [5.74, 6) is -0.976. The van der Waals surface area contributed by atoms with Crippen molar-refractivity contribution in [1.29, 1.82) is 0 Å². The molecule has 0 aliphatic carbocycles. The lowest BCUT2D eigenvalue weighted by Crippen LogP contribution is -2.26. The van der Waals surface area contributed by atoms with E-state index in [0.29, 0.717) is 0 Å². The molecule has 2 rings (SSSR count). The molecule has 0 aliphatic heterocycles. The minimum absolute atomic E-state index is 0.217. The maximum absolute atomic E-state index is 13.4. The molecular weight excluding hydrogens is 349 g/mol. The van der Waals surface area contributed by atoms with E-state index in [1.54, 1.807) is 26.8 Å². The second-order valence-electron chi connectivity index (χ2n) is 6.60. The summed E-state index contributed by atoms with van der Waals surface area (Å²) in [6.07, 6.45) is -4.64. The van der Waals surface area contributed by atoms with Crippen molar-refractivity contribution in [2.75, 3.05) is 0 Å². The summed E-state index contributed by atoms with van der Waals surface area (Å²) in [7, 11) is 0. The minimum atomic E-state index is -4.64. The maximum Gasteiger partial charge on any atom is 0.417 e. The SMILES string of the molecule is Cc1cccc(Sc2cccc(C(F)(F)F)c2C(=O)OC(C)(C)C)c1. The number of halogens is 3. The van der Waals surface area contributed by atoms with Crippen molar-refractivity contribution in [3.05, 3.63) is 59.2 Å². The molecule has 0 radical (unpaired) electrons. The Bertz CT molecular complexity index is 777. The van der Waals surface area contributed by atoms with Gasteiger partial charge in [-0.2, -0.15) is 13.2 Å². The number of carbonyl (C=O) groups excluding carboxylic acids is 1. The number of hydrogen-bond donors (Lipinski definition) is 0. The minimum Gasteiger partial charge on any atom is -0.456 e. The molecule has 0 aromatic heterocycles. The summed E-state index contributed by atoms with van der Waals surface area (Å²) in [6.45, 7) is 6.75. The number of hydrogen-bond acceptors (Lipinski definition) is 3. The molecule has 134 valence electrons. The van der Waals surface area contributed by atoms with Gasteiger partial charge in [0.25, 0.3) is 0 Å². The van der Waals surface area contributed by atoms with Gasteiger partial charge >= 0.3 is 12.1 Å². The van der Waals surface area contributed by atoms with Gasteiger partial charge in [0.1, 0.15) is 5.60 Å². The molecule has 0 aliphatic rings. The van der Waals surface area contributed by atoms with Gasteiger partial charge in [0.05, 0.1) is 11.1 Å². The third kappa shape index (κ3) is 5.26. The van der Waals surface area contributed by atoms with Crippen molar-refractivity contribution in [3.8, 4) is 0 Å². The summed E-state index contributed by atoms with van der Waals surface area (Å²) in [4.78, 5) is 13.4. The Balaban J connectivity index is 2.53. The molecule has 2 nitrogen and oxygen atoms in total. The van der Waals surface area contributed by atoms with Gasteiger partial charge in [0, 0.05) is 9.79 Å². The van der Waals surface area contributed by atoms with E-state index in [4.69, 9.17) is 4.74 Å². The third-order valence-corrected chi connectivity index (χ3v) is 4.20. The number of rotatable bonds is 3. The molecule has 0 saturated carbocycles. The van der Waals surface area contributed by atoms with E-state index >= 15 is 0 Å². The lowest BCUT2D eigenvalue weighted by atomic mass is 10.1. The first-order valence-electron chi connectivity index (χ1n) is 7.65. The van der Waals surface area contributed by atoms with E-state index in [-0.39, 0.29) is 4.90 Å². The van der Waals surface area contributed by atoms with E-state index in [2.05, 4.69) is 0 Å². The Morgan fingerprint density at radius 1 is 1.04 bits per heavy atom. The van der Waals surface area contributed by atoms with E-state index in [0.717, 1.165) is 28.3 Å². The Labute approximate surface area is 149 Å². The molecule has 0 N–H and O–H groups in total. The van der Waals surface area contributed by atoms with E-state index in [1.807, 2.05) is 25.1 Å². The Morgan fingerprint density at radius 3 is 2.24 bits per heavy atom. The van der Waals surface area contributed by atoms with Gasteiger partial charge in [0.2, 0.25) is 0 Å². The average Bonchev–Trinajstić information content (AvgIpc) is 2.44. The van der Waals surface area contributed by atoms with Crippen LogP contribution in [0, 0.1) is 6.92 Å². The second kappa shape index (κ2) is 7.12. The first-order valence-corrected chi connectivity index (χ1v) is 8.47. The predicted molar refractivity (Wildman–Crippen MR) is 91.9 cm³/mol. The van der Waals surface area contributed by atoms with Crippen LogP contribution < -0.4 is 0 Å². The van der Waals surface area contributed by atoms with Crippen molar-refractivity contribution >= 4 is 17.7 Å². The molecule has 0 atom stereocenters. The van der Waals surface area contributed by atoms with Crippen molar-refractivity contribution in [2.24, 2.45) is 0 Å². The molecule has 0 fully saturated rings. The lowest BCUT2D eigenvalue weighted by Gasteiger charge is -2.22. The number of ether oxygens (including phenoxy) is 1. The molecule has 0 unspecified atom stereocenters. The molecule has 25 heavy (non-hydrogen) atoms. The van der Waals surface area contributed by atoms with Crippen LogP contribution in [-0.4, -0.2) is 11.6 Å². The van der Waals surface area contributed by atoms with E-state index in [9.17, 15) is 18.0 Å². The molecule has 2 aromatic carbocycles. The van der Waals surface area contributed by atoms with Crippen LogP contribution in [-0.2, 0) is 10.9 Å². The zero-order chi connectivity index (χ0) is 18.8. The van der Waals surface area contributed by atoms with Gasteiger partial charge in [-0.25, -0.2) is 4.79 Å². The van der Waals surface area contributed by atoms with Crippen molar-refractivity contribution in [2.45, 2.75) is 49.3 Å². The molecule has 0 bridgehead atoms. The fourth-order valence-corrected chi connectivity index (χ4v) is 3.29. The molecule has 6 heteroatoms. The summed E-state index contributed by atoms with van der Waals surface area (Å²) in [6, 6.07) is 11.1. The van der Waals surface area contributed by atoms with Gasteiger partial charge in [0.15, 0.2) is 0 Å². The molecule has 0 spiro atoms. The molecule has 0 amide bonds. The van der Waals surface area contributed by atoms with Crippen LogP contribution in [0.15, 0.2) is 52.3 Å². The highest BCUT2D eigenvalue weighted by Crippen LogP contribution is 2.39. The topological polar surface area (TPSA) is 26.3 Å². The van der Waals surface area contributed by atoms with Crippen molar-refractivity contribution in [1.82, 2.24) is 0 Å². The summed E-state index contributed by atoms with van der Waals surface area (Å²) in [5.41, 5.74) is -1.34. The lowest BCUT2D eigenvalue weighted by molar-refractivity contribution is -0.138. The van der Waals surface area contributed by atoms with Crippen LogP contribution in [0.3, 0.4) is 0 Å². The first kappa shape index (κ1) is 19.4. The molecule has 0 saturated heterocycles. The first-order chi connectivity index (χ1) is 11.5. The number of benzene rings is 2.